The largest absolute Gasteiger partial charge is 0.327 e. The van der Waals surface area contributed by atoms with Gasteiger partial charge >= 0.3 is 0 Å². The minimum atomic E-state index is -0.236. The van der Waals surface area contributed by atoms with Gasteiger partial charge in [-0.2, -0.15) is 0 Å². The van der Waals surface area contributed by atoms with Crippen LogP contribution >= 0.6 is 31.9 Å². The van der Waals surface area contributed by atoms with E-state index in [1.54, 1.807) is 0 Å². The average Bonchev–Trinajstić information content (AvgIpc) is 2.30. The molecule has 0 aliphatic carbocycles. The third kappa shape index (κ3) is 4.71. The lowest BCUT2D eigenvalue weighted by atomic mass is 10.00. The third-order valence-corrected chi connectivity index (χ3v) is 3.82. The van der Waals surface area contributed by atoms with Crippen LogP contribution in [0.3, 0.4) is 0 Å². The van der Waals surface area contributed by atoms with Crippen LogP contribution in [0.1, 0.15) is 11.1 Å². The average molecular weight is 387 g/mol. The molecule has 0 saturated heterocycles. The lowest BCUT2D eigenvalue weighted by Crippen LogP contribution is -2.25. The van der Waals surface area contributed by atoms with Gasteiger partial charge < -0.3 is 5.73 Å². The lowest BCUT2D eigenvalue weighted by molar-refractivity contribution is 0.617. The highest BCUT2D eigenvalue weighted by Gasteiger charge is 2.07. The van der Waals surface area contributed by atoms with Gasteiger partial charge in [-0.1, -0.05) is 44.0 Å². The van der Waals surface area contributed by atoms with E-state index in [4.69, 9.17) is 5.73 Å². The Kier molecular flexibility index (Phi) is 5.13. The Morgan fingerprint density at radius 1 is 0.895 bits per heavy atom. The van der Waals surface area contributed by atoms with Crippen molar-refractivity contribution >= 4 is 31.9 Å². The zero-order valence-electron chi connectivity index (χ0n) is 10.2. The molecule has 0 saturated carbocycles. The van der Waals surface area contributed by atoms with E-state index >= 15 is 0 Å². The molecule has 0 amide bonds. The van der Waals surface area contributed by atoms with E-state index in [0.717, 1.165) is 20.9 Å². The van der Waals surface area contributed by atoms with E-state index in [-0.39, 0.29) is 11.9 Å². The van der Waals surface area contributed by atoms with Gasteiger partial charge in [0, 0.05) is 15.0 Å². The molecule has 2 rings (SSSR count). The first-order valence-electron chi connectivity index (χ1n) is 5.98. The number of rotatable bonds is 4. The monoisotopic (exact) mass is 385 g/mol. The second-order valence-corrected chi connectivity index (χ2v) is 6.40. The summed E-state index contributed by atoms with van der Waals surface area (Å²) in [6.07, 6.45) is 1.44. The molecule has 2 N–H and O–H groups in total. The highest BCUT2D eigenvalue weighted by molar-refractivity contribution is 9.10. The smallest absolute Gasteiger partial charge is 0.124 e. The van der Waals surface area contributed by atoms with Crippen LogP contribution in [-0.4, -0.2) is 6.04 Å². The summed E-state index contributed by atoms with van der Waals surface area (Å²) in [6, 6.07) is 13.0. The van der Waals surface area contributed by atoms with Crippen LogP contribution in [0.2, 0.25) is 0 Å². The molecule has 0 radical (unpaired) electrons. The summed E-state index contributed by atoms with van der Waals surface area (Å²) in [5.41, 5.74) is 8.23. The van der Waals surface area contributed by atoms with Crippen LogP contribution < -0.4 is 5.73 Å². The van der Waals surface area contributed by atoms with Crippen molar-refractivity contribution < 1.29 is 4.39 Å². The number of halogens is 3. The molecule has 4 heteroatoms. The van der Waals surface area contributed by atoms with E-state index < -0.39 is 0 Å². The molecule has 0 aliphatic heterocycles. The summed E-state index contributed by atoms with van der Waals surface area (Å²) in [7, 11) is 0. The summed E-state index contributed by atoms with van der Waals surface area (Å²) >= 11 is 6.69. The highest BCUT2D eigenvalue weighted by atomic mass is 79.9. The van der Waals surface area contributed by atoms with Gasteiger partial charge in [0.25, 0.3) is 0 Å². The fourth-order valence-corrected chi connectivity index (χ4v) is 2.80. The molecule has 0 aromatic heterocycles. The highest BCUT2D eigenvalue weighted by Crippen LogP contribution is 2.17. The van der Waals surface area contributed by atoms with Crippen molar-refractivity contribution in [1.82, 2.24) is 0 Å². The number of hydrogen-bond donors (Lipinski definition) is 1. The van der Waals surface area contributed by atoms with Crippen molar-refractivity contribution in [3.63, 3.8) is 0 Å². The number of hydrogen-bond acceptors (Lipinski definition) is 1. The number of nitrogens with two attached hydrogens (primary N) is 1. The van der Waals surface area contributed by atoms with Gasteiger partial charge in [-0.25, -0.2) is 4.39 Å². The standard InChI is InChI=1S/C15H14Br2FN/c16-12-3-1-10(2-4-12)7-15(19)8-11-5-13(17)9-14(18)6-11/h1-6,9,15H,7-8,19H2. The first-order valence-corrected chi connectivity index (χ1v) is 7.56. The van der Waals surface area contributed by atoms with Gasteiger partial charge in [0.05, 0.1) is 0 Å². The summed E-state index contributed by atoms with van der Waals surface area (Å²) in [6.45, 7) is 0. The van der Waals surface area contributed by atoms with Crippen LogP contribution in [0.15, 0.2) is 51.4 Å². The van der Waals surface area contributed by atoms with E-state index in [1.165, 1.54) is 17.7 Å². The maximum Gasteiger partial charge on any atom is 0.124 e. The van der Waals surface area contributed by atoms with E-state index in [0.29, 0.717) is 6.42 Å². The van der Waals surface area contributed by atoms with Crippen LogP contribution in [0.25, 0.3) is 0 Å². The summed E-state index contributed by atoms with van der Waals surface area (Å²) < 4.78 is 15.1. The van der Waals surface area contributed by atoms with Gasteiger partial charge in [0.2, 0.25) is 0 Å². The van der Waals surface area contributed by atoms with E-state index in [1.807, 2.05) is 30.3 Å². The van der Waals surface area contributed by atoms with Gasteiger partial charge in [-0.15, -0.1) is 0 Å². The third-order valence-electron chi connectivity index (χ3n) is 2.83. The van der Waals surface area contributed by atoms with Crippen molar-refractivity contribution in [1.29, 1.82) is 0 Å². The maximum atomic E-state index is 13.3. The molecule has 1 unspecified atom stereocenters. The molecule has 19 heavy (non-hydrogen) atoms. The fourth-order valence-electron chi connectivity index (χ4n) is 2.03. The minimum absolute atomic E-state index is 0.0186. The molecule has 0 spiro atoms. The maximum absolute atomic E-state index is 13.3. The van der Waals surface area contributed by atoms with Gasteiger partial charge in [0.1, 0.15) is 5.82 Å². The van der Waals surface area contributed by atoms with E-state index in [9.17, 15) is 4.39 Å². The molecular weight excluding hydrogens is 373 g/mol. The van der Waals surface area contributed by atoms with E-state index in [2.05, 4.69) is 31.9 Å². The fraction of sp³-hybridized carbons (Fsp3) is 0.200. The van der Waals surface area contributed by atoms with Crippen LogP contribution in [-0.2, 0) is 12.8 Å². The zero-order valence-corrected chi connectivity index (χ0v) is 13.4. The quantitative estimate of drug-likeness (QED) is 0.824. The van der Waals surface area contributed by atoms with Crippen molar-refractivity contribution in [2.75, 3.05) is 0 Å². The predicted molar refractivity (Wildman–Crippen MR) is 83.6 cm³/mol. The first kappa shape index (κ1) is 14.7. The summed E-state index contributed by atoms with van der Waals surface area (Å²) in [5, 5.41) is 0. The Labute approximate surface area is 129 Å². The van der Waals surface area contributed by atoms with Crippen LogP contribution in [0.5, 0.6) is 0 Å². The van der Waals surface area contributed by atoms with Gasteiger partial charge in [0.15, 0.2) is 0 Å². The molecular formula is C15H14Br2FN. The minimum Gasteiger partial charge on any atom is -0.327 e. The Balaban J connectivity index is 2.00. The molecule has 1 nitrogen and oxygen atoms in total. The molecule has 0 fully saturated rings. The Morgan fingerprint density at radius 2 is 1.53 bits per heavy atom. The molecule has 1 atom stereocenters. The molecule has 0 bridgehead atoms. The Morgan fingerprint density at radius 3 is 2.16 bits per heavy atom. The molecule has 2 aromatic carbocycles. The SMILES string of the molecule is NC(Cc1ccc(Br)cc1)Cc1cc(F)cc(Br)c1. The summed E-state index contributed by atoms with van der Waals surface area (Å²) in [4.78, 5) is 0. The molecule has 100 valence electrons. The zero-order chi connectivity index (χ0) is 13.8. The topological polar surface area (TPSA) is 26.0 Å². The van der Waals surface area contributed by atoms with Crippen molar-refractivity contribution in [2.24, 2.45) is 5.73 Å². The Hall–Kier alpha value is -0.710. The Bertz CT molecular complexity index is 534. The molecule has 0 aliphatic rings. The van der Waals surface area contributed by atoms with Crippen molar-refractivity contribution in [3.05, 3.63) is 68.4 Å². The normalized spacial score (nSPS) is 12.4. The van der Waals surface area contributed by atoms with Gasteiger partial charge in [-0.3, -0.25) is 0 Å². The first-order chi connectivity index (χ1) is 9.02. The van der Waals surface area contributed by atoms with Gasteiger partial charge in [-0.05, 0) is 54.3 Å². The predicted octanol–water partition coefficient (Wildman–Crippen LogP) is 4.46. The second-order valence-electron chi connectivity index (χ2n) is 4.57. The van der Waals surface area contributed by atoms with Crippen LogP contribution in [0, 0.1) is 5.82 Å². The molecule has 2 aromatic rings. The second kappa shape index (κ2) is 6.64. The summed E-state index contributed by atoms with van der Waals surface area (Å²) in [5.74, 6) is -0.236. The number of benzene rings is 2. The van der Waals surface area contributed by atoms with Crippen molar-refractivity contribution in [3.8, 4) is 0 Å². The molecule has 0 heterocycles. The van der Waals surface area contributed by atoms with Crippen molar-refractivity contribution in [2.45, 2.75) is 18.9 Å². The van der Waals surface area contributed by atoms with Crippen LogP contribution in [0.4, 0.5) is 4.39 Å². The lowest BCUT2D eigenvalue weighted by Gasteiger charge is -2.12.